The van der Waals surface area contributed by atoms with Crippen LogP contribution in [0.25, 0.3) is 71.0 Å². The van der Waals surface area contributed by atoms with E-state index in [1.54, 1.807) is 59.9 Å². The minimum absolute atomic E-state index is 0.00420. The number of sulfone groups is 1. The average molecular weight is 1980 g/mol. The molecule has 26 nitrogen and oxygen atoms in total. The van der Waals surface area contributed by atoms with E-state index in [2.05, 4.69) is 39.1 Å². The molecule has 6 fully saturated rings. The lowest BCUT2D eigenvalue weighted by atomic mass is 9.36. The third kappa shape index (κ3) is 23.9. The number of thiophene rings is 1. The van der Waals surface area contributed by atoms with Gasteiger partial charge in [0.25, 0.3) is 0 Å². The van der Waals surface area contributed by atoms with Crippen LogP contribution >= 0.6 is 57.7 Å². The zero-order chi connectivity index (χ0) is 95.1. The predicted octanol–water partition coefficient (Wildman–Crippen LogP) is 20.1. The molecule has 0 unspecified atom stereocenters. The molecule has 5 saturated carbocycles. The minimum atomic E-state index is -3.39. The number of rotatable bonds is 35. The predicted molar refractivity (Wildman–Crippen MR) is 519 cm³/mol. The first-order chi connectivity index (χ1) is 63.3. The van der Waals surface area contributed by atoms with Gasteiger partial charge in [0.15, 0.2) is 28.7 Å². The molecule has 2 bridgehead atoms. The van der Waals surface area contributed by atoms with Crippen LogP contribution in [0.2, 0.25) is 20.1 Å². The summed E-state index contributed by atoms with van der Waals surface area (Å²) < 4.78 is 166. The van der Waals surface area contributed by atoms with Gasteiger partial charge in [-0.05, 0) is 238 Å². The molecule has 133 heavy (non-hydrogen) atoms. The van der Waals surface area contributed by atoms with Crippen LogP contribution in [0.5, 0.6) is 46.0 Å². The van der Waals surface area contributed by atoms with Crippen molar-refractivity contribution in [1.29, 1.82) is 21.0 Å². The Morgan fingerprint density at radius 3 is 1.17 bits per heavy atom. The number of ether oxygens (including phenoxy) is 8. The van der Waals surface area contributed by atoms with Crippen LogP contribution in [-0.2, 0) is 39.9 Å². The number of nitriles is 4. The number of aromatic nitrogens is 3. The number of fused-ring (bicyclic) bond motifs is 4. The van der Waals surface area contributed by atoms with E-state index in [-0.39, 0.29) is 42.6 Å². The number of halogens is 5. The van der Waals surface area contributed by atoms with Crippen LogP contribution in [0.4, 0.5) is 4.39 Å². The number of hydrogen-bond acceptors (Lipinski definition) is 21. The van der Waals surface area contributed by atoms with Crippen molar-refractivity contribution in [3.05, 3.63) is 206 Å². The highest BCUT2D eigenvalue weighted by Crippen LogP contribution is 2.73. The van der Waals surface area contributed by atoms with Gasteiger partial charge < -0.3 is 51.6 Å². The summed E-state index contributed by atoms with van der Waals surface area (Å²) in [5, 5.41) is 45.9. The minimum Gasteiger partial charge on any atom is -0.493 e. The summed E-state index contributed by atoms with van der Waals surface area (Å²) in [5.74, 6) is 5.46. The summed E-state index contributed by atoms with van der Waals surface area (Å²) in [6.45, 7) is 11.0. The van der Waals surface area contributed by atoms with Gasteiger partial charge in [-0.15, -0.1) is 11.3 Å². The van der Waals surface area contributed by atoms with E-state index in [9.17, 15) is 59.1 Å². The molecular weight excluding hydrogens is 1880 g/mol. The molecule has 6 aliphatic rings. The fourth-order valence-electron chi connectivity index (χ4n) is 17.7. The van der Waals surface area contributed by atoms with Gasteiger partial charge in [0, 0.05) is 91.2 Å². The summed E-state index contributed by atoms with van der Waals surface area (Å²) in [6.07, 6.45) is 19.7. The highest BCUT2D eigenvalue weighted by Gasteiger charge is 2.68. The van der Waals surface area contributed by atoms with E-state index in [1.807, 2.05) is 151 Å². The Labute approximate surface area is 798 Å². The van der Waals surface area contributed by atoms with E-state index in [0.717, 1.165) is 164 Å². The Bertz CT molecular complexity index is 6820. The normalized spacial score (nSPS) is 18.7. The molecule has 2 N–H and O–H groups in total. The Kier molecular flexibility index (Phi) is 30.6. The first-order valence-corrected chi connectivity index (χ1v) is 53.5. The standard InChI is InChI=1S/C26H26ClNO4S2.2C24H26ClN3O4S.C23H23ClFN3O4S/c1-3-6-31-24-18(10-28)7-17(8-22(24)27)21-11-33-23-9-19(4-5-20(21)23)32-15-25-12-26(13-25,14-25)16-34(2,29)30;2*1-3-8-31-24-18(14-26)11-20(13-22(24)25)28-7-6-17-12-21(4-5-23(17)28)32-15-16-9-19(10-16)27-33(2,29)30;1-3-8-31-22-17(12-26)9-18(11-20(22)24)28-7-6-16-10-19(4-5-21(16)28)32-15-23(25)13-27(14-23)33(2,29)30/h4-5,7-9,11H,3,6,12-16H2,1-2H3;2*4-7,11-13,16,19,27H,3,8-10,15H2,1-2H3;4-7,9-11H,3,8,13-15H2,1-2H3. The second-order valence-electron chi connectivity index (χ2n) is 34.9. The summed E-state index contributed by atoms with van der Waals surface area (Å²) >= 11 is 27.4. The van der Waals surface area contributed by atoms with Crippen molar-refractivity contribution in [3.63, 3.8) is 0 Å². The van der Waals surface area contributed by atoms with Crippen molar-refractivity contribution >= 4 is 140 Å². The van der Waals surface area contributed by atoms with Gasteiger partial charge in [-0.2, -0.15) is 25.4 Å². The van der Waals surface area contributed by atoms with E-state index in [1.165, 1.54) is 18.8 Å². The monoisotopic (exact) mass is 1980 g/mol. The molecule has 12 aromatic rings. The molecule has 18 rings (SSSR count). The Morgan fingerprint density at radius 2 is 0.805 bits per heavy atom. The SMILES string of the molecule is CCCOc1c(Cl)cc(-c2csc3cc(OCC45CC(CS(C)(=O)=O)(C4)C5)ccc23)cc1C#N.CCCOc1c(Cl)cc(-n2ccc3cc(OCC4(F)CN(S(C)(=O)=O)C4)ccc32)cc1C#N.CCCOc1c(Cl)cc(-n2ccc3cc(OCC4CC(NS(C)(=O)=O)C4)ccc32)cc1C#N.CCCOc1c(Cl)cc(-n2ccc3cc(OCC4CC(NS(C)(=O)=O)C4)ccc32)cc1C#N. The van der Waals surface area contributed by atoms with E-state index in [4.69, 9.17) is 84.3 Å². The Balaban J connectivity index is 0.000000142. The van der Waals surface area contributed by atoms with E-state index in [0.29, 0.717) is 141 Å². The molecule has 0 atom stereocenters. The van der Waals surface area contributed by atoms with Gasteiger partial charge in [-0.25, -0.2) is 47.5 Å². The number of nitrogens with one attached hydrogen (secondary N) is 2. The van der Waals surface area contributed by atoms with Gasteiger partial charge >= 0.3 is 0 Å². The van der Waals surface area contributed by atoms with Gasteiger partial charge in [-0.3, -0.25) is 0 Å². The molecule has 700 valence electrons. The first kappa shape index (κ1) is 98.5. The summed E-state index contributed by atoms with van der Waals surface area (Å²) in [5.41, 5.74) is 6.99. The zero-order valence-electron chi connectivity index (χ0n) is 74.5. The quantitative estimate of drug-likeness (QED) is 0.0372. The Hall–Kier alpha value is -10.5. The molecule has 1 aliphatic heterocycles. The lowest BCUT2D eigenvalue weighted by Gasteiger charge is -2.70. The van der Waals surface area contributed by atoms with Crippen molar-refractivity contribution in [1.82, 2.24) is 27.5 Å². The molecule has 1 saturated heterocycles. The summed E-state index contributed by atoms with van der Waals surface area (Å²) in [4.78, 5) is 0. The van der Waals surface area contributed by atoms with Crippen LogP contribution in [0.1, 0.15) is 121 Å². The van der Waals surface area contributed by atoms with Crippen molar-refractivity contribution in [2.24, 2.45) is 22.7 Å². The second kappa shape index (κ2) is 41.4. The van der Waals surface area contributed by atoms with Crippen LogP contribution < -0.4 is 47.3 Å². The lowest BCUT2D eigenvalue weighted by Crippen LogP contribution is -2.66. The van der Waals surface area contributed by atoms with E-state index < -0.39 is 45.6 Å². The van der Waals surface area contributed by atoms with Gasteiger partial charge in [0.1, 0.15) is 63.7 Å². The smallest absolute Gasteiger partial charge is 0.211 e. The third-order valence-electron chi connectivity index (χ3n) is 23.5. The van der Waals surface area contributed by atoms with Gasteiger partial charge in [0.2, 0.25) is 30.1 Å². The number of benzene rings is 8. The van der Waals surface area contributed by atoms with Crippen LogP contribution in [0.15, 0.2) is 163 Å². The summed E-state index contributed by atoms with van der Waals surface area (Å²) in [6, 6.07) is 52.0. The van der Waals surface area contributed by atoms with E-state index >= 15 is 0 Å². The number of hydrogen-bond donors (Lipinski definition) is 2. The number of alkyl halides is 1. The van der Waals surface area contributed by atoms with Crippen LogP contribution in [0.3, 0.4) is 0 Å². The molecule has 0 amide bonds. The molecule has 4 aromatic heterocycles. The molecule has 8 aromatic carbocycles. The van der Waals surface area contributed by atoms with Gasteiger partial charge in [0.05, 0.1) is 143 Å². The molecule has 5 aliphatic carbocycles. The second-order valence-corrected chi connectivity index (χ2v) is 45.2. The lowest BCUT2D eigenvalue weighted by molar-refractivity contribution is -0.204. The summed E-state index contributed by atoms with van der Waals surface area (Å²) in [7, 11) is -12.6. The molecular formula is C97H101Cl4FN10O16S5. The highest BCUT2D eigenvalue weighted by molar-refractivity contribution is 7.90. The topological polar surface area (TPSA) is 348 Å². The fraction of sp³-hybridized carbons (Fsp3) is 0.381. The van der Waals surface area contributed by atoms with Crippen LogP contribution in [0, 0.1) is 68.0 Å². The maximum atomic E-state index is 14.6. The number of nitrogens with zero attached hydrogens (tertiary/aromatic N) is 8. The third-order valence-corrected chi connectivity index (χ3v) is 29.5. The average Bonchev–Trinajstić information content (AvgIpc) is 1.17. The number of sulfonamides is 3. The largest absolute Gasteiger partial charge is 0.493 e. The molecule has 0 spiro atoms. The van der Waals surface area contributed by atoms with Gasteiger partial charge in [-0.1, -0.05) is 74.1 Å². The zero-order valence-corrected chi connectivity index (χ0v) is 81.6. The molecule has 5 heterocycles. The maximum absolute atomic E-state index is 14.6. The van der Waals surface area contributed by atoms with Crippen molar-refractivity contribution in [2.45, 2.75) is 116 Å². The van der Waals surface area contributed by atoms with Crippen molar-refractivity contribution in [2.75, 3.05) is 96.7 Å². The van der Waals surface area contributed by atoms with Crippen molar-refractivity contribution < 1.29 is 76.0 Å². The van der Waals surface area contributed by atoms with Crippen molar-refractivity contribution in [3.8, 4) is 98.5 Å². The highest BCUT2D eigenvalue weighted by atomic mass is 35.5. The maximum Gasteiger partial charge on any atom is 0.211 e. The fourth-order valence-corrected chi connectivity index (χ4v) is 23.7. The molecule has 0 radical (unpaired) electrons. The Morgan fingerprint density at radius 1 is 0.444 bits per heavy atom. The van der Waals surface area contributed by atoms with Crippen LogP contribution in [-0.4, -0.2) is 166 Å². The molecule has 36 heteroatoms. The first-order valence-electron chi connectivity index (χ1n) is 43.4.